The van der Waals surface area contributed by atoms with Crippen molar-refractivity contribution in [3.8, 4) is 6.07 Å². The van der Waals surface area contributed by atoms with E-state index in [1.54, 1.807) is 6.07 Å². The highest BCUT2D eigenvalue weighted by atomic mass is 16.3. The first-order chi connectivity index (χ1) is 8.31. The molecule has 2 atom stereocenters. The molecule has 2 unspecified atom stereocenters. The SMILES string of the molecule is N#Cc1cc(CO)ccc1N1CC2CCC1C2. The molecule has 2 bridgehead atoms. The number of aliphatic hydroxyl groups is 1. The van der Waals surface area contributed by atoms with E-state index in [0.29, 0.717) is 11.6 Å². The second-order valence-corrected chi connectivity index (χ2v) is 5.11. The fourth-order valence-electron chi connectivity index (χ4n) is 3.24. The van der Waals surface area contributed by atoms with Gasteiger partial charge < -0.3 is 10.0 Å². The number of aliphatic hydroxyl groups excluding tert-OH is 1. The van der Waals surface area contributed by atoms with Gasteiger partial charge in [-0.05, 0) is 42.9 Å². The summed E-state index contributed by atoms with van der Waals surface area (Å²) < 4.78 is 0. The first-order valence-electron chi connectivity index (χ1n) is 6.22. The lowest BCUT2D eigenvalue weighted by molar-refractivity contribution is 0.282. The average Bonchev–Trinajstić information content (AvgIpc) is 3.00. The molecule has 1 aromatic rings. The minimum absolute atomic E-state index is 0.00101. The molecule has 1 heterocycles. The van der Waals surface area contributed by atoms with Crippen LogP contribution in [0.15, 0.2) is 18.2 Å². The summed E-state index contributed by atoms with van der Waals surface area (Å²) in [6, 6.07) is 8.60. The Balaban J connectivity index is 1.95. The van der Waals surface area contributed by atoms with Crippen molar-refractivity contribution in [2.45, 2.75) is 31.9 Å². The Morgan fingerprint density at radius 1 is 1.41 bits per heavy atom. The summed E-state index contributed by atoms with van der Waals surface area (Å²) >= 11 is 0. The van der Waals surface area contributed by atoms with E-state index in [9.17, 15) is 5.26 Å². The zero-order valence-electron chi connectivity index (χ0n) is 9.76. The van der Waals surface area contributed by atoms with E-state index in [1.165, 1.54) is 19.3 Å². The smallest absolute Gasteiger partial charge is 0.101 e. The molecule has 0 amide bonds. The maximum Gasteiger partial charge on any atom is 0.101 e. The summed E-state index contributed by atoms with van der Waals surface area (Å²) in [4.78, 5) is 2.38. The fraction of sp³-hybridized carbons (Fsp3) is 0.500. The number of hydrogen-bond acceptors (Lipinski definition) is 3. The average molecular weight is 228 g/mol. The first kappa shape index (κ1) is 10.6. The zero-order chi connectivity index (χ0) is 11.8. The molecule has 2 fully saturated rings. The van der Waals surface area contributed by atoms with Crippen LogP contribution in [0.2, 0.25) is 0 Å². The molecule has 2 aliphatic rings. The van der Waals surface area contributed by atoms with Crippen molar-refractivity contribution in [3.05, 3.63) is 29.3 Å². The number of nitrogens with zero attached hydrogens (tertiary/aromatic N) is 2. The summed E-state index contributed by atoms with van der Waals surface area (Å²) in [6.45, 7) is 1.10. The highest BCUT2D eigenvalue weighted by Gasteiger charge is 2.38. The van der Waals surface area contributed by atoms with Gasteiger partial charge in [-0.3, -0.25) is 0 Å². The topological polar surface area (TPSA) is 47.3 Å². The molecule has 3 rings (SSSR count). The molecule has 1 N–H and O–H groups in total. The Bertz CT molecular complexity index is 478. The van der Waals surface area contributed by atoms with E-state index < -0.39 is 0 Å². The molecule has 0 radical (unpaired) electrons. The number of benzene rings is 1. The molecule has 0 spiro atoms. The van der Waals surface area contributed by atoms with Crippen LogP contribution in [0.1, 0.15) is 30.4 Å². The van der Waals surface area contributed by atoms with Crippen molar-refractivity contribution in [2.24, 2.45) is 5.92 Å². The Morgan fingerprint density at radius 3 is 2.88 bits per heavy atom. The van der Waals surface area contributed by atoms with Crippen LogP contribution in [0.25, 0.3) is 0 Å². The van der Waals surface area contributed by atoms with Crippen LogP contribution in [0.5, 0.6) is 0 Å². The van der Waals surface area contributed by atoms with Gasteiger partial charge in [0.05, 0.1) is 17.9 Å². The first-order valence-corrected chi connectivity index (χ1v) is 6.22. The predicted molar refractivity (Wildman–Crippen MR) is 65.6 cm³/mol. The molecule has 1 aliphatic carbocycles. The van der Waals surface area contributed by atoms with Gasteiger partial charge in [0.2, 0.25) is 0 Å². The van der Waals surface area contributed by atoms with Crippen LogP contribution in [0.3, 0.4) is 0 Å². The van der Waals surface area contributed by atoms with Crippen molar-refractivity contribution in [2.75, 3.05) is 11.4 Å². The van der Waals surface area contributed by atoms with Gasteiger partial charge in [-0.15, -0.1) is 0 Å². The van der Waals surface area contributed by atoms with Crippen LogP contribution in [0, 0.1) is 17.2 Å². The van der Waals surface area contributed by atoms with Gasteiger partial charge in [-0.25, -0.2) is 0 Å². The maximum atomic E-state index is 9.21. The molecule has 17 heavy (non-hydrogen) atoms. The van der Waals surface area contributed by atoms with Gasteiger partial charge >= 0.3 is 0 Å². The fourth-order valence-corrected chi connectivity index (χ4v) is 3.24. The van der Waals surface area contributed by atoms with E-state index >= 15 is 0 Å². The number of hydrogen-bond donors (Lipinski definition) is 1. The van der Waals surface area contributed by atoms with Gasteiger partial charge in [-0.1, -0.05) is 6.07 Å². The van der Waals surface area contributed by atoms with Crippen LogP contribution >= 0.6 is 0 Å². The lowest BCUT2D eigenvalue weighted by Crippen LogP contribution is -2.32. The van der Waals surface area contributed by atoms with Crippen LogP contribution in [-0.4, -0.2) is 17.7 Å². The number of anilines is 1. The van der Waals surface area contributed by atoms with Gasteiger partial charge in [0.1, 0.15) is 6.07 Å². The van der Waals surface area contributed by atoms with Crippen molar-refractivity contribution in [1.82, 2.24) is 0 Å². The normalized spacial score (nSPS) is 26.2. The van der Waals surface area contributed by atoms with E-state index in [0.717, 1.165) is 23.7 Å². The second kappa shape index (κ2) is 4.05. The standard InChI is InChI=1S/C14H16N2O/c15-7-12-5-11(9-17)2-4-14(12)16-8-10-1-3-13(16)6-10/h2,4-5,10,13,17H,1,3,6,8-9H2. The molecular formula is C14H16N2O. The van der Waals surface area contributed by atoms with Gasteiger partial charge in [0.25, 0.3) is 0 Å². The molecular weight excluding hydrogens is 212 g/mol. The number of rotatable bonds is 2. The predicted octanol–water partition coefficient (Wildman–Crippen LogP) is 2.04. The Kier molecular flexibility index (Phi) is 2.53. The third kappa shape index (κ3) is 1.69. The van der Waals surface area contributed by atoms with Crippen molar-refractivity contribution >= 4 is 5.69 Å². The third-order valence-corrected chi connectivity index (χ3v) is 4.08. The van der Waals surface area contributed by atoms with Crippen molar-refractivity contribution in [1.29, 1.82) is 5.26 Å². The second-order valence-electron chi connectivity index (χ2n) is 5.11. The van der Waals surface area contributed by atoms with Gasteiger partial charge in [-0.2, -0.15) is 5.26 Å². The monoisotopic (exact) mass is 228 g/mol. The minimum Gasteiger partial charge on any atom is -0.392 e. The molecule has 3 heteroatoms. The molecule has 1 saturated carbocycles. The summed E-state index contributed by atoms with van der Waals surface area (Å²) in [6.07, 6.45) is 3.89. The lowest BCUT2D eigenvalue weighted by Gasteiger charge is -2.30. The summed E-state index contributed by atoms with van der Waals surface area (Å²) in [5.74, 6) is 0.823. The highest BCUT2D eigenvalue weighted by molar-refractivity contribution is 5.62. The Labute approximate surface area is 101 Å². The van der Waals surface area contributed by atoms with Crippen LogP contribution < -0.4 is 4.90 Å². The maximum absolute atomic E-state index is 9.21. The summed E-state index contributed by atoms with van der Waals surface area (Å²) in [5, 5.41) is 18.3. The molecule has 1 saturated heterocycles. The summed E-state index contributed by atoms with van der Waals surface area (Å²) in [7, 11) is 0. The van der Waals surface area contributed by atoms with E-state index in [-0.39, 0.29) is 6.61 Å². The van der Waals surface area contributed by atoms with Crippen LogP contribution in [0.4, 0.5) is 5.69 Å². The molecule has 1 aromatic carbocycles. The van der Waals surface area contributed by atoms with E-state index in [2.05, 4.69) is 11.0 Å². The molecule has 1 aliphatic heterocycles. The molecule has 0 aromatic heterocycles. The van der Waals surface area contributed by atoms with Gasteiger partial charge in [0, 0.05) is 12.6 Å². The summed E-state index contributed by atoms with van der Waals surface area (Å²) in [5.41, 5.74) is 2.57. The van der Waals surface area contributed by atoms with Crippen molar-refractivity contribution in [3.63, 3.8) is 0 Å². The quantitative estimate of drug-likeness (QED) is 0.842. The third-order valence-electron chi connectivity index (χ3n) is 4.08. The van der Waals surface area contributed by atoms with Crippen molar-refractivity contribution < 1.29 is 5.11 Å². The number of piperidine rings is 1. The number of fused-ring (bicyclic) bond motifs is 2. The zero-order valence-corrected chi connectivity index (χ0v) is 9.76. The highest BCUT2D eigenvalue weighted by Crippen LogP contribution is 2.41. The lowest BCUT2D eigenvalue weighted by atomic mass is 10.1. The van der Waals surface area contributed by atoms with E-state index in [4.69, 9.17) is 5.11 Å². The Hall–Kier alpha value is -1.53. The molecule has 3 nitrogen and oxygen atoms in total. The molecule has 88 valence electrons. The van der Waals surface area contributed by atoms with Crippen LogP contribution in [-0.2, 0) is 6.61 Å². The minimum atomic E-state index is 0.00101. The van der Waals surface area contributed by atoms with E-state index in [1.807, 2.05) is 12.1 Å². The Morgan fingerprint density at radius 2 is 2.29 bits per heavy atom. The number of nitriles is 1. The van der Waals surface area contributed by atoms with Gasteiger partial charge in [0.15, 0.2) is 0 Å². The largest absolute Gasteiger partial charge is 0.392 e.